The highest BCUT2D eigenvalue weighted by molar-refractivity contribution is 6.36. The number of halogens is 2. The third-order valence-electron chi connectivity index (χ3n) is 4.76. The molecule has 0 N–H and O–H groups in total. The van der Waals surface area contributed by atoms with Gasteiger partial charge in [0.15, 0.2) is 5.82 Å². The second kappa shape index (κ2) is 9.53. The molecule has 3 rings (SSSR count). The molecule has 1 aliphatic carbocycles. The Balaban J connectivity index is 1.83. The number of benzene rings is 1. The van der Waals surface area contributed by atoms with Gasteiger partial charge in [0, 0.05) is 24.1 Å². The zero-order valence-electron chi connectivity index (χ0n) is 15.3. The molecule has 0 radical (unpaired) electrons. The van der Waals surface area contributed by atoms with Crippen molar-refractivity contribution in [3.63, 3.8) is 0 Å². The molecule has 2 aromatic rings. The van der Waals surface area contributed by atoms with E-state index in [4.69, 9.17) is 32.7 Å². The molecule has 1 saturated carbocycles. The molecule has 0 amide bonds. The van der Waals surface area contributed by atoms with Crippen LogP contribution in [0.3, 0.4) is 0 Å². The van der Waals surface area contributed by atoms with Gasteiger partial charge in [0.2, 0.25) is 5.91 Å². The lowest BCUT2D eigenvalue weighted by molar-refractivity contribution is 0.0875. The highest BCUT2D eigenvalue weighted by Gasteiger charge is 2.22. The lowest BCUT2D eigenvalue weighted by Gasteiger charge is -2.09. The van der Waals surface area contributed by atoms with Crippen molar-refractivity contribution in [2.75, 3.05) is 20.3 Å². The van der Waals surface area contributed by atoms with Gasteiger partial charge in [0.25, 0.3) is 0 Å². The van der Waals surface area contributed by atoms with Crippen LogP contribution in [-0.4, -0.2) is 41.0 Å². The molecule has 1 heterocycles. The molecule has 0 saturated heterocycles. The second-order valence-electron chi connectivity index (χ2n) is 6.68. The number of aromatic nitrogens is 3. The smallest absolute Gasteiger partial charge is 0.336 e. The van der Waals surface area contributed by atoms with Crippen LogP contribution in [0.1, 0.15) is 43.3 Å². The number of carbonyl (C=O) groups excluding carboxylic acids is 1. The van der Waals surface area contributed by atoms with Gasteiger partial charge >= 0.3 is 6.01 Å². The summed E-state index contributed by atoms with van der Waals surface area (Å²) in [7, 11) is 1.58. The Morgan fingerprint density at radius 3 is 2.74 bits per heavy atom. The molecule has 0 spiro atoms. The minimum absolute atomic E-state index is 0.114. The quantitative estimate of drug-likeness (QED) is 0.578. The normalized spacial score (nSPS) is 14.6. The maximum absolute atomic E-state index is 12.8. The lowest BCUT2D eigenvalue weighted by Crippen LogP contribution is -2.15. The van der Waals surface area contributed by atoms with Crippen molar-refractivity contribution >= 4 is 29.1 Å². The van der Waals surface area contributed by atoms with Gasteiger partial charge in [-0.3, -0.25) is 4.79 Å². The van der Waals surface area contributed by atoms with Crippen molar-refractivity contribution in [2.24, 2.45) is 5.92 Å². The summed E-state index contributed by atoms with van der Waals surface area (Å²) in [5, 5.41) is 5.17. The monoisotopic (exact) mass is 411 g/mol. The van der Waals surface area contributed by atoms with Gasteiger partial charge in [-0.1, -0.05) is 48.9 Å². The van der Waals surface area contributed by atoms with Gasteiger partial charge in [0.05, 0.1) is 11.6 Å². The summed E-state index contributed by atoms with van der Waals surface area (Å²) in [5.41, 5.74) is 0.587. The number of carbonyl (C=O) groups is 1. The predicted molar refractivity (Wildman–Crippen MR) is 105 cm³/mol. The fourth-order valence-corrected chi connectivity index (χ4v) is 3.82. The van der Waals surface area contributed by atoms with Gasteiger partial charge in [-0.2, -0.15) is 9.67 Å². The van der Waals surface area contributed by atoms with Crippen molar-refractivity contribution in [1.29, 1.82) is 0 Å². The first kappa shape index (κ1) is 20.1. The van der Waals surface area contributed by atoms with Crippen LogP contribution in [0.2, 0.25) is 10.0 Å². The Labute approximate surface area is 168 Å². The molecular weight excluding hydrogens is 389 g/mol. The summed E-state index contributed by atoms with van der Waals surface area (Å²) in [6, 6.07) is 5.18. The summed E-state index contributed by atoms with van der Waals surface area (Å²) in [6.07, 6.45) is 6.20. The van der Waals surface area contributed by atoms with E-state index >= 15 is 0 Å². The minimum Gasteiger partial charge on any atom is -0.460 e. The van der Waals surface area contributed by atoms with E-state index in [1.807, 2.05) is 0 Å². The number of rotatable bonds is 8. The summed E-state index contributed by atoms with van der Waals surface area (Å²) in [5.74, 6) is 0.870. The van der Waals surface area contributed by atoms with Crippen molar-refractivity contribution in [2.45, 2.75) is 38.5 Å². The molecule has 1 aliphatic rings. The van der Waals surface area contributed by atoms with Crippen molar-refractivity contribution in [3.05, 3.63) is 28.2 Å². The van der Waals surface area contributed by atoms with Crippen LogP contribution in [-0.2, 0) is 4.74 Å². The molecule has 1 aromatic carbocycles. The Hall–Kier alpha value is -1.63. The maximum Gasteiger partial charge on any atom is 0.336 e. The van der Waals surface area contributed by atoms with E-state index in [1.54, 1.807) is 25.3 Å². The Morgan fingerprint density at radius 2 is 2.04 bits per heavy atom. The molecule has 1 aromatic heterocycles. The highest BCUT2D eigenvalue weighted by Crippen LogP contribution is 2.32. The number of hydrogen-bond acceptors (Lipinski definition) is 5. The lowest BCUT2D eigenvalue weighted by atomic mass is 10.0. The van der Waals surface area contributed by atoms with E-state index in [-0.39, 0.29) is 11.9 Å². The molecule has 0 aliphatic heterocycles. The van der Waals surface area contributed by atoms with E-state index in [9.17, 15) is 4.79 Å². The zero-order chi connectivity index (χ0) is 19.2. The topological polar surface area (TPSA) is 66.2 Å². The van der Waals surface area contributed by atoms with Crippen LogP contribution in [0, 0.1) is 5.92 Å². The number of methoxy groups -OCH3 is 1. The first-order valence-electron chi connectivity index (χ1n) is 9.16. The molecule has 1 fully saturated rings. The fourth-order valence-electron chi connectivity index (χ4n) is 3.32. The van der Waals surface area contributed by atoms with Gasteiger partial charge in [0.1, 0.15) is 6.61 Å². The number of nitrogens with zero attached hydrogens (tertiary/aromatic N) is 3. The summed E-state index contributed by atoms with van der Waals surface area (Å²) < 4.78 is 11.8. The minimum atomic E-state index is -0.114. The van der Waals surface area contributed by atoms with Gasteiger partial charge in [-0.05, 0) is 30.5 Å². The largest absolute Gasteiger partial charge is 0.460 e. The maximum atomic E-state index is 12.8. The molecule has 0 bridgehead atoms. The molecule has 8 heteroatoms. The molecule has 27 heavy (non-hydrogen) atoms. The van der Waals surface area contributed by atoms with Gasteiger partial charge < -0.3 is 9.47 Å². The molecule has 0 atom stereocenters. The van der Waals surface area contributed by atoms with E-state index in [0.29, 0.717) is 47.0 Å². The van der Waals surface area contributed by atoms with Crippen LogP contribution in [0.4, 0.5) is 0 Å². The highest BCUT2D eigenvalue weighted by atomic mass is 35.5. The number of hydrogen-bond donors (Lipinski definition) is 0. The van der Waals surface area contributed by atoms with E-state index in [2.05, 4.69) is 10.1 Å². The third-order valence-corrected chi connectivity index (χ3v) is 5.30. The van der Waals surface area contributed by atoms with E-state index < -0.39 is 0 Å². The van der Waals surface area contributed by atoms with Crippen LogP contribution in [0.15, 0.2) is 18.2 Å². The van der Waals surface area contributed by atoms with Crippen LogP contribution in [0.25, 0.3) is 11.4 Å². The van der Waals surface area contributed by atoms with Gasteiger partial charge in [-0.15, -0.1) is 5.10 Å². The SMILES string of the molecule is COCCOc1nc(-c2ccc(Cl)cc2Cl)n(C(=O)CCC2CCCC2)n1. The first-order chi connectivity index (χ1) is 13.1. The standard InChI is InChI=1S/C19H23Cl2N3O3/c1-26-10-11-27-19-22-18(15-8-7-14(20)12-16(15)21)24(23-19)17(25)9-6-13-4-2-3-5-13/h7-8,12-13H,2-6,9-11H2,1H3. The Bertz CT molecular complexity index is 789. The molecule has 146 valence electrons. The predicted octanol–water partition coefficient (Wildman–Crippen LogP) is 4.89. The van der Waals surface area contributed by atoms with E-state index in [1.165, 1.54) is 30.4 Å². The molecule has 6 nitrogen and oxygen atoms in total. The average Bonchev–Trinajstić information content (AvgIpc) is 3.30. The average molecular weight is 412 g/mol. The van der Waals surface area contributed by atoms with Crippen molar-refractivity contribution in [3.8, 4) is 17.4 Å². The zero-order valence-corrected chi connectivity index (χ0v) is 16.8. The molecular formula is C19H23Cl2N3O3. The number of ether oxygens (including phenoxy) is 2. The summed E-state index contributed by atoms with van der Waals surface area (Å²) >= 11 is 12.3. The van der Waals surface area contributed by atoms with Crippen molar-refractivity contribution < 1.29 is 14.3 Å². The first-order valence-corrected chi connectivity index (χ1v) is 9.91. The van der Waals surface area contributed by atoms with Crippen LogP contribution < -0.4 is 4.74 Å². The molecule has 0 unspecified atom stereocenters. The third kappa shape index (κ3) is 5.21. The van der Waals surface area contributed by atoms with Crippen LogP contribution in [0.5, 0.6) is 6.01 Å². The van der Waals surface area contributed by atoms with E-state index in [0.717, 1.165) is 6.42 Å². The van der Waals surface area contributed by atoms with Crippen LogP contribution >= 0.6 is 23.2 Å². The fraction of sp³-hybridized carbons (Fsp3) is 0.526. The second-order valence-corrected chi connectivity index (χ2v) is 7.52. The van der Waals surface area contributed by atoms with Gasteiger partial charge in [-0.25, -0.2) is 0 Å². The summed E-state index contributed by atoms with van der Waals surface area (Å²) in [6.45, 7) is 0.700. The summed E-state index contributed by atoms with van der Waals surface area (Å²) in [4.78, 5) is 17.2. The Morgan fingerprint density at radius 1 is 1.26 bits per heavy atom. The Kier molecular flexibility index (Phi) is 7.10. The van der Waals surface area contributed by atoms with Crippen molar-refractivity contribution in [1.82, 2.24) is 14.8 Å².